The summed E-state index contributed by atoms with van der Waals surface area (Å²) in [6.07, 6.45) is 0.635. The lowest BCUT2D eigenvalue weighted by molar-refractivity contribution is -0.145. The first-order valence-corrected chi connectivity index (χ1v) is 6.09. The summed E-state index contributed by atoms with van der Waals surface area (Å²) >= 11 is 0. The molecule has 0 spiro atoms. The van der Waals surface area contributed by atoms with Crippen molar-refractivity contribution in [2.24, 2.45) is 5.92 Å². The van der Waals surface area contributed by atoms with Gasteiger partial charge in [-0.15, -0.1) is 0 Å². The fraction of sp³-hybridized carbons (Fsp3) is 0.429. The standard InChI is InChI=1S/C14H19NO3/c1-3-15(10-13(16)17)14(18)11(2)9-12-7-5-4-6-8-12/h4-8,11H,3,9-10H2,1-2H3,(H,16,17). The van der Waals surface area contributed by atoms with Crippen LogP contribution < -0.4 is 0 Å². The first kappa shape index (κ1) is 14.2. The van der Waals surface area contributed by atoms with Crippen LogP contribution in [0.3, 0.4) is 0 Å². The van der Waals surface area contributed by atoms with E-state index in [2.05, 4.69) is 0 Å². The van der Waals surface area contributed by atoms with Gasteiger partial charge in [-0.2, -0.15) is 0 Å². The zero-order chi connectivity index (χ0) is 13.5. The minimum atomic E-state index is -0.975. The van der Waals surface area contributed by atoms with E-state index in [-0.39, 0.29) is 18.4 Å². The van der Waals surface area contributed by atoms with Crippen molar-refractivity contribution in [3.8, 4) is 0 Å². The zero-order valence-corrected chi connectivity index (χ0v) is 10.8. The van der Waals surface area contributed by atoms with E-state index in [1.165, 1.54) is 4.90 Å². The minimum absolute atomic E-state index is 0.108. The van der Waals surface area contributed by atoms with E-state index in [1.807, 2.05) is 37.3 Å². The molecule has 1 rings (SSSR count). The Hall–Kier alpha value is -1.84. The van der Waals surface area contributed by atoms with Gasteiger partial charge in [0.1, 0.15) is 6.54 Å². The number of carbonyl (C=O) groups excluding carboxylic acids is 1. The van der Waals surface area contributed by atoms with Crippen molar-refractivity contribution in [3.05, 3.63) is 35.9 Å². The molecule has 0 aliphatic carbocycles. The van der Waals surface area contributed by atoms with Crippen LogP contribution >= 0.6 is 0 Å². The average Bonchev–Trinajstić information content (AvgIpc) is 2.36. The number of carboxylic acid groups (broad SMARTS) is 1. The van der Waals surface area contributed by atoms with E-state index >= 15 is 0 Å². The highest BCUT2D eigenvalue weighted by molar-refractivity contribution is 5.83. The van der Waals surface area contributed by atoms with E-state index in [4.69, 9.17) is 5.11 Å². The van der Waals surface area contributed by atoms with Gasteiger partial charge in [0.05, 0.1) is 0 Å². The lowest BCUT2D eigenvalue weighted by atomic mass is 10.00. The summed E-state index contributed by atoms with van der Waals surface area (Å²) in [5.41, 5.74) is 1.09. The van der Waals surface area contributed by atoms with E-state index in [0.29, 0.717) is 13.0 Å². The molecule has 0 aromatic heterocycles. The lowest BCUT2D eigenvalue weighted by Gasteiger charge is -2.22. The van der Waals surface area contributed by atoms with Crippen molar-refractivity contribution in [1.82, 2.24) is 4.90 Å². The molecule has 4 nitrogen and oxygen atoms in total. The van der Waals surface area contributed by atoms with E-state index in [1.54, 1.807) is 6.92 Å². The quantitative estimate of drug-likeness (QED) is 0.836. The van der Waals surface area contributed by atoms with Crippen molar-refractivity contribution in [2.45, 2.75) is 20.3 Å². The Morgan fingerprint density at radius 1 is 1.28 bits per heavy atom. The number of hydrogen-bond acceptors (Lipinski definition) is 2. The molecule has 1 aromatic rings. The van der Waals surface area contributed by atoms with Crippen LogP contribution in [0.2, 0.25) is 0 Å². The third kappa shape index (κ3) is 4.20. The number of aliphatic carboxylic acids is 1. The number of carbonyl (C=O) groups is 2. The van der Waals surface area contributed by atoms with E-state index in [0.717, 1.165) is 5.56 Å². The summed E-state index contributed by atoms with van der Waals surface area (Å²) < 4.78 is 0. The molecule has 0 heterocycles. The van der Waals surface area contributed by atoms with Crippen LogP contribution in [0, 0.1) is 5.92 Å². The maximum atomic E-state index is 12.1. The molecule has 0 aliphatic heterocycles. The molecule has 0 saturated heterocycles. The van der Waals surface area contributed by atoms with Crippen LogP contribution in [0.15, 0.2) is 30.3 Å². The van der Waals surface area contributed by atoms with Gasteiger partial charge in [-0.25, -0.2) is 0 Å². The zero-order valence-electron chi connectivity index (χ0n) is 10.8. The highest BCUT2D eigenvalue weighted by Gasteiger charge is 2.21. The number of amides is 1. The number of hydrogen-bond donors (Lipinski definition) is 1. The monoisotopic (exact) mass is 249 g/mol. The van der Waals surface area contributed by atoms with E-state index < -0.39 is 5.97 Å². The summed E-state index contributed by atoms with van der Waals surface area (Å²) in [4.78, 5) is 24.1. The van der Waals surface area contributed by atoms with Gasteiger partial charge in [0.25, 0.3) is 0 Å². The molecule has 0 fully saturated rings. The van der Waals surface area contributed by atoms with Gasteiger partial charge in [-0.1, -0.05) is 37.3 Å². The van der Waals surface area contributed by atoms with Crippen molar-refractivity contribution >= 4 is 11.9 Å². The van der Waals surface area contributed by atoms with Gasteiger partial charge < -0.3 is 10.0 Å². The predicted octanol–water partition coefficient (Wildman–Crippen LogP) is 1.80. The smallest absolute Gasteiger partial charge is 0.323 e. The average molecular weight is 249 g/mol. The van der Waals surface area contributed by atoms with Gasteiger partial charge in [-0.3, -0.25) is 9.59 Å². The summed E-state index contributed by atoms with van der Waals surface area (Å²) in [5.74, 6) is -1.28. The molecule has 0 saturated carbocycles. The number of benzene rings is 1. The highest BCUT2D eigenvalue weighted by atomic mass is 16.4. The van der Waals surface area contributed by atoms with Crippen LogP contribution in [0.25, 0.3) is 0 Å². The second-order valence-electron chi connectivity index (χ2n) is 4.34. The topological polar surface area (TPSA) is 57.6 Å². The van der Waals surface area contributed by atoms with Crippen molar-refractivity contribution in [2.75, 3.05) is 13.1 Å². The fourth-order valence-corrected chi connectivity index (χ4v) is 1.88. The molecule has 4 heteroatoms. The second-order valence-corrected chi connectivity index (χ2v) is 4.34. The molecule has 0 aliphatic rings. The number of likely N-dealkylation sites (N-methyl/N-ethyl adjacent to an activating group) is 1. The van der Waals surface area contributed by atoms with Crippen LogP contribution in [0.1, 0.15) is 19.4 Å². The van der Waals surface area contributed by atoms with Gasteiger partial charge >= 0.3 is 5.97 Å². The molecule has 1 aromatic carbocycles. The van der Waals surface area contributed by atoms with Gasteiger partial charge in [0.2, 0.25) is 5.91 Å². The van der Waals surface area contributed by atoms with Crippen LogP contribution in [0.5, 0.6) is 0 Å². The summed E-state index contributed by atoms with van der Waals surface area (Å²) in [6, 6.07) is 9.73. The molecular weight excluding hydrogens is 230 g/mol. The SMILES string of the molecule is CCN(CC(=O)O)C(=O)C(C)Cc1ccccc1. The Labute approximate surface area is 107 Å². The van der Waals surface area contributed by atoms with Crippen molar-refractivity contribution < 1.29 is 14.7 Å². The Kier molecular flexibility index (Phi) is 5.36. The Morgan fingerprint density at radius 3 is 2.39 bits per heavy atom. The normalized spacial score (nSPS) is 11.9. The molecule has 98 valence electrons. The Balaban J connectivity index is 2.62. The van der Waals surface area contributed by atoms with Crippen LogP contribution in [-0.4, -0.2) is 35.0 Å². The van der Waals surface area contributed by atoms with E-state index in [9.17, 15) is 9.59 Å². The third-order valence-electron chi connectivity index (χ3n) is 2.83. The Morgan fingerprint density at radius 2 is 1.89 bits per heavy atom. The second kappa shape index (κ2) is 6.79. The number of nitrogens with zero attached hydrogens (tertiary/aromatic N) is 1. The maximum Gasteiger partial charge on any atom is 0.323 e. The lowest BCUT2D eigenvalue weighted by Crippen LogP contribution is -2.39. The minimum Gasteiger partial charge on any atom is -0.480 e. The summed E-state index contributed by atoms with van der Waals surface area (Å²) in [7, 11) is 0. The fourth-order valence-electron chi connectivity index (χ4n) is 1.88. The molecule has 1 unspecified atom stereocenters. The van der Waals surface area contributed by atoms with Gasteiger partial charge in [-0.05, 0) is 18.9 Å². The number of carboxylic acids is 1. The summed E-state index contributed by atoms with van der Waals surface area (Å²) in [6.45, 7) is 3.81. The molecule has 0 bridgehead atoms. The third-order valence-corrected chi connectivity index (χ3v) is 2.83. The highest BCUT2D eigenvalue weighted by Crippen LogP contribution is 2.11. The van der Waals surface area contributed by atoms with Crippen molar-refractivity contribution in [3.63, 3.8) is 0 Å². The van der Waals surface area contributed by atoms with Crippen LogP contribution in [-0.2, 0) is 16.0 Å². The first-order valence-electron chi connectivity index (χ1n) is 6.09. The molecular formula is C14H19NO3. The predicted molar refractivity (Wildman–Crippen MR) is 69.2 cm³/mol. The van der Waals surface area contributed by atoms with Gasteiger partial charge in [0.15, 0.2) is 0 Å². The molecule has 18 heavy (non-hydrogen) atoms. The van der Waals surface area contributed by atoms with Crippen LogP contribution in [0.4, 0.5) is 0 Å². The molecule has 0 radical (unpaired) electrons. The Bertz CT molecular complexity index is 403. The first-order chi connectivity index (χ1) is 8.54. The number of rotatable bonds is 6. The largest absolute Gasteiger partial charge is 0.480 e. The van der Waals surface area contributed by atoms with Crippen molar-refractivity contribution in [1.29, 1.82) is 0 Å². The summed E-state index contributed by atoms with van der Waals surface area (Å²) in [5, 5.41) is 8.74. The molecule has 1 N–H and O–H groups in total. The van der Waals surface area contributed by atoms with Gasteiger partial charge in [0, 0.05) is 12.5 Å². The molecule has 1 amide bonds. The molecule has 1 atom stereocenters. The maximum absolute atomic E-state index is 12.1.